The molecule has 4 rings (SSSR count). The van der Waals surface area contributed by atoms with Gasteiger partial charge in [0.15, 0.2) is 5.78 Å². The van der Waals surface area contributed by atoms with Crippen LogP contribution in [0, 0.1) is 0 Å². The summed E-state index contributed by atoms with van der Waals surface area (Å²) < 4.78 is 1.79. The van der Waals surface area contributed by atoms with E-state index in [1.54, 1.807) is 17.1 Å². The van der Waals surface area contributed by atoms with Crippen LogP contribution in [-0.2, 0) is 13.5 Å². The fourth-order valence-electron chi connectivity index (χ4n) is 3.05. The summed E-state index contributed by atoms with van der Waals surface area (Å²) in [5.74, 6) is 0.0690. The number of ketones is 1. The third kappa shape index (κ3) is 2.30. The Morgan fingerprint density at radius 3 is 2.83 bits per heavy atom. The Hall–Kier alpha value is -2.95. The molecule has 114 valence electrons. The average Bonchev–Trinajstić information content (AvgIpc) is 3.18. The molecule has 23 heavy (non-hydrogen) atoms. The van der Waals surface area contributed by atoms with Crippen LogP contribution in [-0.4, -0.2) is 25.8 Å². The van der Waals surface area contributed by atoms with Gasteiger partial charge in [-0.1, -0.05) is 30.3 Å². The van der Waals surface area contributed by atoms with Crippen molar-refractivity contribution in [2.45, 2.75) is 12.8 Å². The lowest BCUT2D eigenvalue weighted by Crippen LogP contribution is -2.15. The maximum absolute atomic E-state index is 12.7. The topological polar surface area (TPSA) is 63.6 Å². The number of aromatic nitrogens is 4. The van der Waals surface area contributed by atoms with Crippen LogP contribution in [0.1, 0.15) is 28.0 Å². The fraction of sp³-hybridized carbons (Fsp3) is 0.167. The van der Waals surface area contributed by atoms with Gasteiger partial charge in [0.1, 0.15) is 0 Å². The number of rotatable bonds is 2. The third-order valence-electron chi connectivity index (χ3n) is 4.29. The Bertz CT molecular complexity index is 902. The van der Waals surface area contributed by atoms with Crippen molar-refractivity contribution in [3.63, 3.8) is 0 Å². The predicted molar refractivity (Wildman–Crippen MR) is 87.9 cm³/mol. The average molecular weight is 304 g/mol. The number of Topliss-reactive ketones (excluding diaryl/α,β-unsaturated/α-hetero) is 1. The molecule has 3 aromatic rings. The summed E-state index contributed by atoms with van der Waals surface area (Å²) in [5.41, 5.74) is 5.47. The lowest BCUT2D eigenvalue weighted by Gasteiger charge is -2.14. The monoisotopic (exact) mass is 304 g/mol. The molecule has 0 amide bonds. The van der Waals surface area contributed by atoms with Gasteiger partial charge in [0, 0.05) is 29.4 Å². The smallest absolute Gasteiger partial charge is 0.192 e. The van der Waals surface area contributed by atoms with Crippen molar-refractivity contribution in [1.29, 1.82) is 0 Å². The summed E-state index contributed by atoms with van der Waals surface area (Å²) in [6, 6.07) is 10.0. The maximum atomic E-state index is 12.7. The molecule has 1 aliphatic rings. The van der Waals surface area contributed by atoms with E-state index in [4.69, 9.17) is 0 Å². The van der Waals surface area contributed by atoms with Crippen LogP contribution in [0.15, 0.2) is 48.3 Å². The number of nitrogens with zero attached hydrogens (tertiary/aromatic N) is 3. The highest BCUT2D eigenvalue weighted by Crippen LogP contribution is 2.28. The molecule has 0 aliphatic heterocycles. The summed E-state index contributed by atoms with van der Waals surface area (Å²) in [6.07, 6.45) is 6.94. The minimum absolute atomic E-state index is 0.0690. The number of allylic oxidation sites excluding steroid dienone is 1. The van der Waals surface area contributed by atoms with Crippen molar-refractivity contribution in [1.82, 2.24) is 20.0 Å². The number of hydrogen-bond acceptors (Lipinski definition) is 3. The van der Waals surface area contributed by atoms with Crippen LogP contribution >= 0.6 is 0 Å². The number of aromatic amines is 1. The van der Waals surface area contributed by atoms with E-state index >= 15 is 0 Å². The van der Waals surface area contributed by atoms with Gasteiger partial charge in [-0.25, -0.2) is 0 Å². The van der Waals surface area contributed by atoms with Crippen molar-refractivity contribution in [3.05, 3.63) is 65.1 Å². The van der Waals surface area contributed by atoms with Crippen LogP contribution < -0.4 is 0 Å². The van der Waals surface area contributed by atoms with Crippen LogP contribution in [0.4, 0.5) is 0 Å². The van der Waals surface area contributed by atoms with Crippen molar-refractivity contribution >= 4 is 11.9 Å². The van der Waals surface area contributed by atoms with Gasteiger partial charge in [-0.05, 0) is 18.9 Å². The number of hydrogen-bond donors (Lipinski definition) is 1. The number of nitrogens with one attached hydrogen (secondary N) is 1. The highest BCUT2D eigenvalue weighted by atomic mass is 16.1. The third-order valence-corrected chi connectivity index (χ3v) is 4.29. The largest absolute Gasteiger partial charge is 0.289 e. The molecule has 0 saturated heterocycles. The Kier molecular flexibility index (Phi) is 3.19. The highest BCUT2D eigenvalue weighted by molar-refractivity contribution is 6.13. The molecular formula is C18H16N4O. The van der Waals surface area contributed by atoms with Crippen molar-refractivity contribution in [2.75, 3.05) is 0 Å². The zero-order chi connectivity index (χ0) is 15.8. The summed E-state index contributed by atoms with van der Waals surface area (Å²) in [7, 11) is 1.88. The Balaban J connectivity index is 1.73. The summed E-state index contributed by atoms with van der Waals surface area (Å²) in [6.45, 7) is 0. The number of aryl methyl sites for hydroxylation is 1. The second-order valence-electron chi connectivity index (χ2n) is 5.69. The zero-order valence-electron chi connectivity index (χ0n) is 12.8. The molecule has 0 spiro atoms. The van der Waals surface area contributed by atoms with Gasteiger partial charge >= 0.3 is 0 Å². The van der Waals surface area contributed by atoms with E-state index in [1.165, 1.54) is 0 Å². The van der Waals surface area contributed by atoms with Gasteiger partial charge in [0.2, 0.25) is 0 Å². The minimum atomic E-state index is 0.0690. The number of carbonyl (C=O) groups excluding carboxylic acids is 1. The molecule has 1 N–H and O–H groups in total. The van der Waals surface area contributed by atoms with E-state index in [0.717, 1.165) is 46.5 Å². The Morgan fingerprint density at radius 1 is 1.17 bits per heavy atom. The molecule has 2 heterocycles. The molecule has 0 radical (unpaired) electrons. The molecule has 0 fully saturated rings. The number of benzene rings is 1. The van der Waals surface area contributed by atoms with E-state index in [9.17, 15) is 4.79 Å². The van der Waals surface area contributed by atoms with E-state index in [0.29, 0.717) is 0 Å². The van der Waals surface area contributed by atoms with Gasteiger partial charge in [-0.15, -0.1) is 0 Å². The number of H-pyrrole nitrogens is 1. The second-order valence-corrected chi connectivity index (χ2v) is 5.69. The zero-order valence-corrected chi connectivity index (χ0v) is 12.8. The van der Waals surface area contributed by atoms with Gasteiger partial charge in [-0.3, -0.25) is 14.6 Å². The summed E-state index contributed by atoms with van der Waals surface area (Å²) in [5, 5.41) is 11.4. The van der Waals surface area contributed by atoms with E-state index in [2.05, 4.69) is 15.3 Å². The van der Waals surface area contributed by atoms with Gasteiger partial charge < -0.3 is 0 Å². The first-order chi connectivity index (χ1) is 11.2. The summed E-state index contributed by atoms with van der Waals surface area (Å²) in [4.78, 5) is 12.7. The Morgan fingerprint density at radius 2 is 2.00 bits per heavy atom. The Labute approximate surface area is 133 Å². The molecule has 0 bridgehead atoms. The van der Waals surface area contributed by atoms with Crippen molar-refractivity contribution in [2.24, 2.45) is 7.05 Å². The van der Waals surface area contributed by atoms with Crippen LogP contribution in [0.3, 0.4) is 0 Å². The first kappa shape index (κ1) is 13.7. The maximum Gasteiger partial charge on any atom is 0.192 e. The van der Waals surface area contributed by atoms with Crippen molar-refractivity contribution < 1.29 is 4.79 Å². The molecule has 5 heteroatoms. The number of fused-ring (bicyclic) bond motifs is 1. The van der Waals surface area contributed by atoms with E-state index in [1.807, 2.05) is 43.5 Å². The fourth-order valence-corrected chi connectivity index (χ4v) is 3.05. The SMILES string of the molecule is Cn1ncc2c1CC/C(=C/c1cn[nH]c1-c1ccccc1)C2=O. The normalized spacial score (nSPS) is 15.9. The van der Waals surface area contributed by atoms with E-state index < -0.39 is 0 Å². The second kappa shape index (κ2) is 5.35. The van der Waals surface area contributed by atoms with Gasteiger partial charge in [0.05, 0.1) is 23.7 Å². The lowest BCUT2D eigenvalue weighted by atomic mass is 9.90. The minimum Gasteiger partial charge on any atom is -0.289 e. The molecule has 1 aliphatic carbocycles. The molecule has 0 unspecified atom stereocenters. The standard InChI is InChI=1S/C18H16N4O/c1-22-16-8-7-13(18(23)15(16)11-20-22)9-14-10-19-21-17(14)12-5-3-2-4-6-12/h2-6,9-11H,7-8H2,1H3,(H,19,21)/b13-9-. The highest BCUT2D eigenvalue weighted by Gasteiger charge is 2.25. The molecule has 1 aromatic carbocycles. The molecule has 5 nitrogen and oxygen atoms in total. The lowest BCUT2D eigenvalue weighted by molar-refractivity contribution is 0.102. The first-order valence-electron chi connectivity index (χ1n) is 7.59. The quantitative estimate of drug-likeness (QED) is 0.740. The van der Waals surface area contributed by atoms with Crippen molar-refractivity contribution in [3.8, 4) is 11.3 Å². The molecule has 0 atom stereocenters. The van der Waals surface area contributed by atoms with E-state index in [-0.39, 0.29) is 5.78 Å². The molecular weight excluding hydrogens is 288 g/mol. The number of carbonyl (C=O) groups is 1. The molecule has 2 aromatic heterocycles. The van der Waals surface area contributed by atoms with Crippen LogP contribution in [0.25, 0.3) is 17.3 Å². The van der Waals surface area contributed by atoms with Gasteiger partial charge in [-0.2, -0.15) is 10.2 Å². The summed E-state index contributed by atoms with van der Waals surface area (Å²) >= 11 is 0. The first-order valence-corrected chi connectivity index (χ1v) is 7.59. The van der Waals surface area contributed by atoms with Crippen LogP contribution in [0.2, 0.25) is 0 Å². The van der Waals surface area contributed by atoms with Gasteiger partial charge in [0.25, 0.3) is 0 Å². The van der Waals surface area contributed by atoms with Crippen LogP contribution in [0.5, 0.6) is 0 Å². The molecule has 0 saturated carbocycles. The predicted octanol–water partition coefficient (Wildman–Crippen LogP) is 3.02.